The summed E-state index contributed by atoms with van der Waals surface area (Å²) in [4.78, 5) is 16.4. The molecule has 4 nitrogen and oxygen atoms in total. The topological polar surface area (TPSA) is 62.2 Å². The van der Waals surface area contributed by atoms with Crippen molar-refractivity contribution in [3.63, 3.8) is 0 Å². The number of nitrogens with one attached hydrogen (secondary N) is 1. The lowest BCUT2D eigenvalue weighted by Crippen LogP contribution is -2.32. The lowest BCUT2D eigenvalue weighted by molar-refractivity contribution is 0.0929. The minimum Gasteiger partial charge on any atom is -0.396 e. The second-order valence-electron chi connectivity index (χ2n) is 5.89. The minimum absolute atomic E-state index is 0.0979. The maximum atomic E-state index is 12.1. The van der Waals surface area contributed by atoms with Crippen molar-refractivity contribution in [2.24, 2.45) is 11.8 Å². The van der Waals surface area contributed by atoms with Crippen LogP contribution in [0.3, 0.4) is 0 Å². The molecule has 4 heteroatoms. The number of aryl methyl sites for hydroxylation is 2. The van der Waals surface area contributed by atoms with Gasteiger partial charge >= 0.3 is 0 Å². The molecule has 2 rings (SSSR count). The van der Waals surface area contributed by atoms with Crippen LogP contribution < -0.4 is 5.32 Å². The van der Waals surface area contributed by atoms with Crippen molar-refractivity contribution < 1.29 is 9.90 Å². The molecule has 1 aromatic rings. The number of nitrogens with zero attached hydrogens (tertiary/aromatic N) is 1. The van der Waals surface area contributed by atoms with E-state index in [2.05, 4.69) is 10.3 Å². The molecule has 1 amide bonds. The van der Waals surface area contributed by atoms with Crippen LogP contribution in [0.5, 0.6) is 0 Å². The predicted molar refractivity (Wildman–Crippen MR) is 78.6 cm³/mol. The smallest absolute Gasteiger partial charge is 0.269 e. The van der Waals surface area contributed by atoms with Gasteiger partial charge < -0.3 is 10.4 Å². The molecule has 0 aliphatic heterocycles. The van der Waals surface area contributed by atoms with Crippen LogP contribution in [-0.4, -0.2) is 29.1 Å². The van der Waals surface area contributed by atoms with E-state index in [0.29, 0.717) is 24.1 Å². The number of carbonyl (C=O) groups is 1. The number of hydrogen-bond donors (Lipinski definition) is 2. The fourth-order valence-corrected chi connectivity index (χ4v) is 2.84. The van der Waals surface area contributed by atoms with E-state index in [1.807, 2.05) is 19.9 Å². The van der Waals surface area contributed by atoms with Gasteiger partial charge in [0.25, 0.3) is 5.91 Å². The van der Waals surface area contributed by atoms with E-state index >= 15 is 0 Å². The first-order valence-electron chi connectivity index (χ1n) is 7.43. The second kappa shape index (κ2) is 6.84. The quantitative estimate of drug-likeness (QED) is 0.886. The average Bonchev–Trinajstić information content (AvgIpc) is 2.47. The van der Waals surface area contributed by atoms with Crippen molar-refractivity contribution in [3.8, 4) is 0 Å². The van der Waals surface area contributed by atoms with Crippen molar-refractivity contribution in [1.82, 2.24) is 10.3 Å². The zero-order chi connectivity index (χ0) is 14.5. The van der Waals surface area contributed by atoms with E-state index in [1.165, 1.54) is 0 Å². The molecule has 1 aliphatic rings. The van der Waals surface area contributed by atoms with Gasteiger partial charge in [-0.3, -0.25) is 4.79 Å². The summed E-state index contributed by atoms with van der Waals surface area (Å²) in [6, 6.07) is 3.70. The lowest BCUT2D eigenvalue weighted by Gasteiger charge is -2.27. The Morgan fingerprint density at radius 2 is 2.10 bits per heavy atom. The first-order chi connectivity index (χ1) is 9.60. The monoisotopic (exact) mass is 276 g/mol. The Labute approximate surface area is 120 Å². The van der Waals surface area contributed by atoms with Crippen LogP contribution in [0.4, 0.5) is 0 Å². The molecule has 110 valence electrons. The highest BCUT2D eigenvalue weighted by atomic mass is 16.3. The molecule has 1 heterocycles. The highest BCUT2D eigenvalue weighted by molar-refractivity contribution is 5.92. The molecule has 1 fully saturated rings. The maximum absolute atomic E-state index is 12.1. The van der Waals surface area contributed by atoms with Gasteiger partial charge in [-0.2, -0.15) is 0 Å². The van der Waals surface area contributed by atoms with Crippen LogP contribution >= 0.6 is 0 Å². The van der Waals surface area contributed by atoms with Crippen molar-refractivity contribution in [2.45, 2.75) is 39.5 Å². The largest absolute Gasteiger partial charge is 0.396 e. The predicted octanol–water partition coefficient (Wildman–Crippen LogP) is 2.23. The van der Waals surface area contributed by atoms with Crippen LogP contribution in [0, 0.1) is 25.7 Å². The molecule has 1 aromatic heterocycles. The fraction of sp³-hybridized carbons (Fsp3) is 0.625. The third-order valence-electron chi connectivity index (χ3n) is 4.28. The normalized spacial score (nSPS) is 22.6. The molecule has 0 bridgehead atoms. The molecular formula is C16H24N2O2. The summed E-state index contributed by atoms with van der Waals surface area (Å²) in [5, 5.41) is 12.2. The van der Waals surface area contributed by atoms with E-state index in [0.717, 1.165) is 36.9 Å². The standard InChI is InChI=1S/C16H24N2O2/c1-11-6-7-15(18-12(11)2)16(20)17-9-13-4-3-5-14(8-13)10-19/h6-7,13-14,19H,3-5,8-10H2,1-2H3,(H,17,20)/t13-,14+/m0/s1. The third-order valence-corrected chi connectivity index (χ3v) is 4.28. The van der Waals surface area contributed by atoms with Crippen molar-refractivity contribution in [1.29, 1.82) is 0 Å². The maximum Gasteiger partial charge on any atom is 0.269 e. The molecular weight excluding hydrogens is 252 g/mol. The number of hydrogen-bond acceptors (Lipinski definition) is 3. The van der Waals surface area contributed by atoms with E-state index in [4.69, 9.17) is 0 Å². The third kappa shape index (κ3) is 3.79. The summed E-state index contributed by atoms with van der Waals surface area (Å²) in [5.41, 5.74) is 2.48. The zero-order valence-corrected chi connectivity index (χ0v) is 12.4. The highest BCUT2D eigenvalue weighted by Gasteiger charge is 2.22. The van der Waals surface area contributed by atoms with Crippen LogP contribution in [0.15, 0.2) is 12.1 Å². The van der Waals surface area contributed by atoms with E-state index < -0.39 is 0 Å². The number of amides is 1. The van der Waals surface area contributed by atoms with Gasteiger partial charge in [0.2, 0.25) is 0 Å². The molecule has 0 aromatic carbocycles. The second-order valence-corrected chi connectivity index (χ2v) is 5.89. The van der Waals surface area contributed by atoms with Crippen LogP contribution in [-0.2, 0) is 0 Å². The molecule has 0 saturated heterocycles. The van der Waals surface area contributed by atoms with Gasteiger partial charge in [0, 0.05) is 18.8 Å². The molecule has 0 unspecified atom stereocenters. The van der Waals surface area contributed by atoms with Crippen LogP contribution in [0.25, 0.3) is 0 Å². The Kier molecular flexibility index (Phi) is 5.12. The molecule has 2 atom stereocenters. The Morgan fingerprint density at radius 1 is 1.35 bits per heavy atom. The van der Waals surface area contributed by atoms with Gasteiger partial charge in [-0.1, -0.05) is 12.5 Å². The molecule has 2 N–H and O–H groups in total. The molecule has 1 aliphatic carbocycles. The van der Waals surface area contributed by atoms with Gasteiger partial charge in [0.05, 0.1) is 0 Å². The summed E-state index contributed by atoms with van der Waals surface area (Å²) in [5.74, 6) is 0.793. The zero-order valence-electron chi connectivity index (χ0n) is 12.4. The minimum atomic E-state index is -0.0979. The number of pyridine rings is 1. The molecule has 0 radical (unpaired) electrons. The van der Waals surface area contributed by atoms with Crippen LogP contribution in [0.2, 0.25) is 0 Å². The van der Waals surface area contributed by atoms with Gasteiger partial charge in [0.15, 0.2) is 0 Å². The molecule has 20 heavy (non-hydrogen) atoms. The Hall–Kier alpha value is -1.42. The van der Waals surface area contributed by atoms with E-state index in [9.17, 15) is 9.90 Å². The number of rotatable bonds is 4. The van der Waals surface area contributed by atoms with Gasteiger partial charge in [-0.05, 0) is 56.6 Å². The number of aliphatic hydroxyl groups is 1. The highest BCUT2D eigenvalue weighted by Crippen LogP contribution is 2.28. The van der Waals surface area contributed by atoms with Crippen molar-refractivity contribution in [2.75, 3.05) is 13.2 Å². The van der Waals surface area contributed by atoms with Gasteiger partial charge in [-0.25, -0.2) is 4.98 Å². The average molecular weight is 276 g/mol. The Morgan fingerprint density at radius 3 is 2.80 bits per heavy atom. The number of aliphatic hydroxyl groups excluding tert-OH is 1. The van der Waals surface area contributed by atoms with Crippen molar-refractivity contribution in [3.05, 3.63) is 29.1 Å². The summed E-state index contributed by atoms with van der Waals surface area (Å²) in [6.45, 7) is 4.85. The van der Waals surface area contributed by atoms with Crippen molar-refractivity contribution >= 4 is 5.91 Å². The summed E-state index contributed by atoms with van der Waals surface area (Å²) < 4.78 is 0. The van der Waals surface area contributed by atoms with E-state index in [1.54, 1.807) is 6.07 Å². The first kappa shape index (κ1) is 15.0. The Bertz CT molecular complexity index is 474. The summed E-state index contributed by atoms with van der Waals surface area (Å²) >= 11 is 0. The lowest BCUT2D eigenvalue weighted by atomic mass is 9.82. The first-order valence-corrected chi connectivity index (χ1v) is 7.43. The summed E-state index contributed by atoms with van der Waals surface area (Å²) in [6.07, 6.45) is 4.40. The fourth-order valence-electron chi connectivity index (χ4n) is 2.84. The number of aromatic nitrogens is 1. The molecule has 1 saturated carbocycles. The van der Waals surface area contributed by atoms with Gasteiger partial charge in [-0.15, -0.1) is 0 Å². The number of carbonyl (C=O) groups excluding carboxylic acids is 1. The van der Waals surface area contributed by atoms with E-state index in [-0.39, 0.29) is 12.5 Å². The SMILES string of the molecule is Cc1ccc(C(=O)NC[C@H]2CCC[C@@H](CO)C2)nc1C. The molecule has 0 spiro atoms. The van der Waals surface area contributed by atoms with Gasteiger partial charge in [0.1, 0.15) is 5.69 Å². The Balaban J connectivity index is 1.87. The summed E-state index contributed by atoms with van der Waals surface area (Å²) in [7, 11) is 0. The van der Waals surface area contributed by atoms with Crippen LogP contribution in [0.1, 0.15) is 47.4 Å².